The van der Waals surface area contributed by atoms with Gasteiger partial charge in [0.25, 0.3) is 0 Å². The van der Waals surface area contributed by atoms with Crippen molar-refractivity contribution in [3.8, 4) is 5.75 Å². The number of hydrogen-bond donors (Lipinski definition) is 1. The van der Waals surface area contributed by atoms with E-state index in [0.717, 1.165) is 30.7 Å². The molecule has 0 aromatic heterocycles. The van der Waals surface area contributed by atoms with Crippen LogP contribution in [0.1, 0.15) is 25.3 Å². The van der Waals surface area contributed by atoms with Crippen LogP contribution < -0.4 is 10.1 Å². The van der Waals surface area contributed by atoms with Gasteiger partial charge < -0.3 is 15.0 Å². The standard InChI is InChI=1S/C16H22N2O2/c1-12-6-7-17-14(10-12)16(19)18-8-9-20-15-5-3-2-4-13(15)11-18/h2-5,12,14,17H,6-11H2,1H3. The Morgan fingerprint density at radius 2 is 2.25 bits per heavy atom. The molecule has 1 aromatic carbocycles. The summed E-state index contributed by atoms with van der Waals surface area (Å²) in [6.07, 6.45) is 2.10. The molecular weight excluding hydrogens is 252 g/mol. The van der Waals surface area contributed by atoms with Crippen LogP contribution in [0.3, 0.4) is 0 Å². The lowest BCUT2D eigenvalue weighted by Gasteiger charge is -2.31. The number of carbonyl (C=O) groups excluding carboxylic acids is 1. The zero-order valence-corrected chi connectivity index (χ0v) is 12.0. The first-order chi connectivity index (χ1) is 9.74. The average Bonchev–Trinajstić information content (AvgIpc) is 2.68. The number of rotatable bonds is 1. The van der Waals surface area contributed by atoms with Crippen molar-refractivity contribution in [2.75, 3.05) is 19.7 Å². The Balaban J connectivity index is 1.72. The fraction of sp³-hybridized carbons (Fsp3) is 0.562. The van der Waals surface area contributed by atoms with Crippen molar-refractivity contribution in [1.82, 2.24) is 10.2 Å². The lowest BCUT2D eigenvalue weighted by molar-refractivity contribution is -0.135. The zero-order valence-electron chi connectivity index (χ0n) is 12.0. The van der Waals surface area contributed by atoms with E-state index in [4.69, 9.17) is 4.74 Å². The van der Waals surface area contributed by atoms with E-state index in [1.54, 1.807) is 0 Å². The van der Waals surface area contributed by atoms with Crippen molar-refractivity contribution < 1.29 is 9.53 Å². The van der Waals surface area contributed by atoms with Gasteiger partial charge in [-0.3, -0.25) is 4.79 Å². The molecule has 1 saturated heterocycles. The summed E-state index contributed by atoms with van der Waals surface area (Å²) in [5, 5.41) is 3.36. The molecule has 4 nitrogen and oxygen atoms in total. The summed E-state index contributed by atoms with van der Waals surface area (Å²) in [5.74, 6) is 1.75. The van der Waals surface area contributed by atoms with Gasteiger partial charge in [0.15, 0.2) is 0 Å². The van der Waals surface area contributed by atoms with Crippen molar-refractivity contribution in [2.45, 2.75) is 32.4 Å². The van der Waals surface area contributed by atoms with Crippen LogP contribution in [-0.2, 0) is 11.3 Å². The first-order valence-corrected chi connectivity index (χ1v) is 7.47. The Hall–Kier alpha value is -1.55. The summed E-state index contributed by atoms with van der Waals surface area (Å²) in [5.41, 5.74) is 1.10. The van der Waals surface area contributed by atoms with Gasteiger partial charge >= 0.3 is 0 Å². The van der Waals surface area contributed by atoms with Crippen molar-refractivity contribution in [2.24, 2.45) is 5.92 Å². The topological polar surface area (TPSA) is 41.6 Å². The number of amides is 1. The number of hydrogen-bond acceptors (Lipinski definition) is 3. The maximum atomic E-state index is 12.7. The van der Waals surface area contributed by atoms with E-state index in [2.05, 4.69) is 12.2 Å². The van der Waals surface area contributed by atoms with Crippen LogP contribution >= 0.6 is 0 Å². The Morgan fingerprint density at radius 3 is 3.10 bits per heavy atom. The minimum atomic E-state index is -0.0241. The van der Waals surface area contributed by atoms with Crippen LogP contribution in [0.4, 0.5) is 0 Å². The fourth-order valence-electron chi connectivity index (χ4n) is 3.03. The van der Waals surface area contributed by atoms with Gasteiger partial charge in [-0.2, -0.15) is 0 Å². The molecular formula is C16H22N2O2. The van der Waals surface area contributed by atoms with E-state index >= 15 is 0 Å². The summed E-state index contributed by atoms with van der Waals surface area (Å²) < 4.78 is 5.72. The van der Waals surface area contributed by atoms with Crippen LogP contribution in [0, 0.1) is 5.92 Å². The normalized spacial score (nSPS) is 26.4. The zero-order chi connectivity index (χ0) is 13.9. The summed E-state index contributed by atoms with van der Waals surface area (Å²) >= 11 is 0. The van der Waals surface area contributed by atoms with Gasteiger partial charge in [0, 0.05) is 12.1 Å². The molecule has 4 heteroatoms. The highest BCUT2D eigenvalue weighted by molar-refractivity contribution is 5.82. The molecule has 108 valence electrons. The number of para-hydroxylation sites is 1. The molecule has 1 amide bonds. The van der Waals surface area contributed by atoms with Gasteiger partial charge in [-0.05, 0) is 31.4 Å². The molecule has 0 spiro atoms. The van der Waals surface area contributed by atoms with Crippen LogP contribution in [0.5, 0.6) is 5.75 Å². The minimum absolute atomic E-state index is 0.0241. The molecule has 1 aromatic rings. The summed E-state index contributed by atoms with van der Waals surface area (Å²) in [4.78, 5) is 14.6. The number of benzene rings is 1. The molecule has 2 heterocycles. The Kier molecular flexibility index (Phi) is 3.92. The number of fused-ring (bicyclic) bond motifs is 1. The van der Waals surface area contributed by atoms with Gasteiger partial charge in [0.2, 0.25) is 5.91 Å². The minimum Gasteiger partial charge on any atom is -0.491 e. The number of ether oxygens (including phenoxy) is 1. The van der Waals surface area contributed by atoms with Crippen LogP contribution in [0.2, 0.25) is 0 Å². The smallest absolute Gasteiger partial charge is 0.240 e. The first-order valence-electron chi connectivity index (χ1n) is 7.47. The predicted molar refractivity (Wildman–Crippen MR) is 77.5 cm³/mol. The van der Waals surface area contributed by atoms with Crippen molar-refractivity contribution in [1.29, 1.82) is 0 Å². The third kappa shape index (κ3) is 2.80. The second kappa shape index (κ2) is 5.83. The highest BCUT2D eigenvalue weighted by atomic mass is 16.5. The third-order valence-electron chi connectivity index (χ3n) is 4.23. The van der Waals surface area contributed by atoms with Gasteiger partial charge in [0.05, 0.1) is 12.6 Å². The highest BCUT2D eigenvalue weighted by Crippen LogP contribution is 2.24. The average molecular weight is 274 g/mol. The first kappa shape index (κ1) is 13.4. The van der Waals surface area contributed by atoms with Crippen molar-refractivity contribution in [3.05, 3.63) is 29.8 Å². The quantitative estimate of drug-likeness (QED) is 0.849. The lowest BCUT2D eigenvalue weighted by Crippen LogP contribution is -2.50. The third-order valence-corrected chi connectivity index (χ3v) is 4.23. The number of nitrogens with one attached hydrogen (secondary N) is 1. The molecule has 2 aliphatic heterocycles. The SMILES string of the molecule is CC1CCNC(C(=O)N2CCOc3ccccc3C2)C1. The highest BCUT2D eigenvalue weighted by Gasteiger charge is 2.29. The lowest BCUT2D eigenvalue weighted by atomic mass is 9.93. The molecule has 1 N–H and O–H groups in total. The molecule has 0 saturated carbocycles. The van der Waals surface area contributed by atoms with E-state index < -0.39 is 0 Å². The van der Waals surface area contributed by atoms with Gasteiger partial charge in [-0.25, -0.2) is 0 Å². The van der Waals surface area contributed by atoms with E-state index in [1.807, 2.05) is 29.2 Å². The molecule has 2 aliphatic rings. The van der Waals surface area contributed by atoms with Gasteiger partial charge in [-0.15, -0.1) is 0 Å². The van der Waals surface area contributed by atoms with Gasteiger partial charge in [-0.1, -0.05) is 25.1 Å². The number of carbonyl (C=O) groups is 1. The van der Waals surface area contributed by atoms with E-state index in [-0.39, 0.29) is 11.9 Å². The molecule has 0 bridgehead atoms. The number of nitrogens with zero attached hydrogens (tertiary/aromatic N) is 1. The molecule has 2 atom stereocenters. The monoisotopic (exact) mass is 274 g/mol. The molecule has 3 rings (SSSR count). The van der Waals surface area contributed by atoms with Crippen molar-refractivity contribution in [3.63, 3.8) is 0 Å². The van der Waals surface area contributed by atoms with Crippen LogP contribution in [0.25, 0.3) is 0 Å². The number of piperidine rings is 1. The Bertz CT molecular complexity index is 489. The maximum Gasteiger partial charge on any atom is 0.240 e. The van der Waals surface area contributed by atoms with E-state index in [1.165, 1.54) is 0 Å². The predicted octanol–water partition coefficient (Wildman–Crippen LogP) is 1.80. The van der Waals surface area contributed by atoms with E-state index in [9.17, 15) is 4.79 Å². The van der Waals surface area contributed by atoms with Crippen LogP contribution in [0.15, 0.2) is 24.3 Å². The fourth-order valence-corrected chi connectivity index (χ4v) is 3.03. The second-order valence-corrected chi connectivity index (χ2v) is 5.85. The summed E-state index contributed by atoms with van der Waals surface area (Å²) in [6.45, 7) is 5.06. The van der Waals surface area contributed by atoms with Crippen molar-refractivity contribution >= 4 is 5.91 Å². The molecule has 1 fully saturated rings. The molecule has 0 aliphatic carbocycles. The largest absolute Gasteiger partial charge is 0.491 e. The second-order valence-electron chi connectivity index (χ2n) is 5.85. The molecule has 2 unspecified atom stereocenters. The van der Waals surface area contributed by atoms with Crippen LogP contribution in [-0.4, -0.2) is 36.5 Å². The van der Waals surface area contributed by atoms with E-state index in [0.29, 0.717) is 25.6 Å². The molecule has 20 heavy (non-hydrogen) atoms. The Labute approximate surface area is 120 Å². The molecule has 0 radical (unpaired) electrons. The maximum absolute atomic E-state index is 12.7. The summed E-state index contributed by atoms with van der Waals surface area (Å²) in [6, 6.07) is 7.96. The summed E-state index contributed by atoms with van der Waals surface area (Å²) in [7, 11) is 0. The van der Waals surface area contributed by atoms with Gasteiger partial charge in [0.1, 0.15) is 12.4 Å². The Morgan fingerprint density at radius 1 is 1.40 bits per heavy atom.